The smallest absolute Gasteiger partial charge is 0.240 e. The summed E-state index contributed by atoms with van der Waals surface area (Å²) in [6.45, 7) is 2.17. The molecule has 8 heteroatoms. The second-order valence-electron chi connectivity index (χ2n) is 7.19. The Balaban J connectivity index is 1.56. The number of hydrogen-bond donors (Lipinski definition) is 1. The van der Waals surface area contributed by atoms with Crippen LogP contribution in [0.5, 0.6) is 17.2 Å². The van der Waals surface area contributed by atoms with E-state index in [1.54, 1.807) is 24.3 Å². The number of ether oxygens (including phenoxy) is 2. The lowest BCUT2D eigenvalue weighted by atomic mass is 10.2. The summed E-state index contributed by atoms with van der Waals surface area (Å²) in [7, 11) is -3.66. The molecular weight excluding hydrogens is 428 g/mol. The molecule has 3 aromatic rings. The molecule has 3 aromatic carbocycles. The van der Waals surface area contributed by atoms with Gasteiger partial charge in [-0.05, 0) is 61.0 Å². The van der Waals surface area contributed by atoms with E-state index < -0.39 is 15.9 Å². The zero-order valence-corrected chi connectivity index (χ0v) is 18.8. The minimum absolute atomic E-state index is 0.258. The van der Waals surface area contributed by atoms with Crippen molar-refractivity contribution in [2.75, 3.05) is 30.3 Å². The number of carbonyl (C=O) groups is 1. The standard InChI is InChI=1S/C24H26N2O5S/c1-19-7-6-10-23(17-19)30-16-15-25-24(27)18-26(32(2,28)29)20-11-13-22(14-12-20)31-21-8-4-3-5-9-21/h3-14,17H,15-16,18H2,1-2H3,(H,25,27). The van der Waals surface area contributed by atoms with Crippen LogP contribution in [0.25, 0.3) is 0 Å². The van der Waals surface area contributed by atoms with Gasteiger partial charge in [-0.1, -0.05) is 30.3 Å². The molecule has 7 nitrogen and oxygen atoms in total. The fourth-order valence-electron chi connectivity index (χ4n) is 2.96. The van der Waals surface area contributed by atoms with Crippen molar-refractivity contribution < 1.29 is 22.7 Å². The molecule has 0 saturated heterocycles. The van der Waals surface area contributed by atoms with Crippen molar-refractivity contribution in [1.29, 1.82) is 0 Å². The van der Waals surface area contributed by atoms with Gasteiger partial charge in [0, 0.05) is 0 Å². The van der Waals surface area contributed by atoms with E-state index in [-0.39, 0.29) is 19.7 Å². The number of para-hydroxylation sites is 1. The summed E-state index contributed by atoms with van der Waals surface area (Å²) in [5.74, 6) is 1.53. The zero-order valence-electron chi connectivity index (χ0n) is 18.0. The SMILES string of the molecule is Cc1cccc(OCCNC(=O)CN(c2ccc(Oc3ccccc3)cc2)S(C)(=O)=O)c1. The minimum Gasteiger partial charge on any atom is -0.492 e. The third-order valence-electron chi connectivity index (χ3n) is 4.47. The van der Waals surface area contributed by atoms with Crippen molar-refractivity contribution in [2.45, 2.75) is 6.92 Å². The Morgan fingerprint density at radius 3 is 2.22 bits per heavy atom. The molecule has 3 rings (SSSR count). The second kappa shape index (κ2) is 10.7. The molecule has 0 bridgehead atoms. The fourth-order valence-corrected chi connectivity index (χ4v) is 3.81. The van der Waals surface area contributed by atoms with E-state index in [0.717, 1.165) is 21.9 Å². The summed E-state index contributed by atoms with van der Waals surface area (Å²) in [5, 5.41) is 2.69. The highest BCUT2D eigenvalue weighted by Gasteiger charge is 2.20. The van der Waals surface area contributed by atoms with Gasteiger partial charge in [-0.2, -0.15) is 0 Å². The van der Waals surface area contributed by atoms with Crippen LogP contribution in [0, 0.1) is 6.92 Å². The van der Waals surface area contributed by atoms with E-state index in [0.29, 0.717) is 17.2 Å². The van der Waals surface area contributed by atoms with Crippen molar-refractivity contribution >= 4 is 21.6 Å². The highest BCUT2D eigenvalue weighted by atomic mass is 32.2. The van der Waals surface area contributed by atoms with E-state index in [4.69, 9.17) is 9.47 Å². The molecule has 0 aromatic heterocycles. The van der Waals surface area contributed by atoms with Crippen LogP contribution in [0.2, 0.25) is 0 Å². The molecular formula is C24H26N2O5S. The number of hydrogen-bond acceptors (Lipinski definition) is 5. The molecule has 0 saturated carbocycles. The lowest BCUT2D eigenvalue weighted by Crippen LogP contribution is -2.41. The number of rotatable bonds is 10. The monoisotopic (exact) mass is 454 g/mol. The second-order valence-corrected chi connectivity index (χ2v) is 9.10. The summed E-state index contributed by atoms with van der Waals surface area (Å²) < 4.78 is 36.9. The number of benzene rings is 3. The number of anilines is 1. The molecule has 0 fully saturated rings. The van der Waals surface area contributed by atoms with E-state index >= 15 is 0 Å². The van der Waals surface area contributed by atoms with E-state index in [9.17, 15) is 13.2 Å². The molecule has 0 unspecified atom stereocenters. The van der Waals surface area contributed by atoms with Gasteiger partial charge in [0.2, 0.25) is 15.9 Å². The molecule has 1 N–H and O–H groups in total. The van der Waals surface area contributed by atoms with Gasteiger partial charge in [0.05, 0.1) is 18.5 Å². The predicted molar refractivity (Wildman–Crippen MR) is 125 cm³/mol. The first-order valence-corrected chi connectivity index (χ1v) is 11.9. The average molecular weight is 455 g/mol. The van der Waals surface area contributed by atoms with Crippen molar-refractivity contribution in [2.24, 2.45) is 0 Å². The third-order valence-corrected chi connectivity index (χ3v) is 5.61. The topological polar surface area (TPSA) is 84.9 Å². The largest absolute Gasteiger partial charge is 0.492 e. The Kier molecular flexibility index (Phi) is 7.72. The van der Waals surface area contributed by atoms with Crippen molar-refractivity contribution in [3.8, 4) is 17.2 Å². The summed E-state index contributed by atoms with van der Waals surface area (Å²) in [6, 6.07) is 23.4. The molecule has 0 radical (unpaired) electrons. The molecule has 0 spiro atoms. The first-order chi connectivity index (χ1) is 15.3. The van der Waals surface area contributed by atoms with Crippen LogP contribution >= 0.6 is 0 Å². The summed E-state index contributed by atoms with van der Waals surface area (Å²) in [5.41, 5.74) is 1.45. The Bertz CT molecular complexity index is 1130. The maximum absolute atomic E-state index is 12.3. The highest BCUT2D eigenvalue weighted by molar-refractivity contribution is 7.92. The fraction of sp³-hybridized carbons (Fsp3) is 0.208. The molecule has 32 heavy (non-hydrogen) atoms. The van der Waals surface area contributed by atoms with Crippen molar-refractivity contribution in [3.63, 3.8) is 0 Å². The van der Waals surface area contributed by atoms with E-state index in [1.807, 2.05) is 61.5 Å². The molecule has 0 aliphatic carbocycles. The minimum atomic E-state index is -3.66. The first kappa shape index (κ1) is 23.1. The molecule has 0 aliphatic rings. The van der Waals surface area contributed by atoms with Gasteiger partial charge >= 0.3 is 0 Å². The number of aryl methyl sites for hydroxylation is 1. The van der Waals surface area contributed by atoms with Crippen LogP contribution in [0.1, 0.15) is 5.56 Å². The van der Waals surface area contributed by atoms with Gasteiger partial charge in [-0.25, -0.2) is 8.42 Å². The first-order valence-electron chi connectivity index (χ1n) is 10.1. The zero-order chi connectivity index (χ0) is 23.0. The van der Waals surface area contributed by atoms with Gasteiger partial charge < -0.3 is 14.8 Å². The maximum Gasteiger partial charge on any atom is 0.240 e. The predicted octanol–water partition coefficient (Wildman–Crippen LogP) is 3.75. The van der Waals surface area contributed by atoms with E-state index in [2.05, 4.69) is 5.32 Å². The van der Waals surface area contributed by atoms with Crippen LogP contribution in [0.3, 0.4) is 0 Å². The van der Waals surface area contributed by atoms with Crippen molar-refractivity contribution in [3.05, 3.63) is 84.4 Å². The van der Waals surface area contributed by atoms with E-state index in [1.165, 1.54) is 0 Å². The summed E-state index contributed by atoms with van der Waals surface area (Å²) in [6.07, 6.45) is 1.06. The lowest BCUT2D eigenvalue weighted by molar-refractivity contribution is -0.119. The number of sulfonamides is 1. The van der Waals surface area contributed by atoms with Gasteiger partial charge in [-0.15, -0.1) is 0 Å². The Hall–Kier alpha value is -3.52. The van der Waals surface area contributed by atoms with Crippen LogP contribution in [0.4, 0.5) is 5.69 Å². The maximum atomic E-state index is 12.3. The average Bonchev–Trinajstić information content (AvgIpc) is 2.76. The van der Waals surface area contributed by atoms with Crippen LogP contribution < -0.4 is 19.1 Å². The van der Waals surface area contributed by atoms with Crippen LogP contribution in [-0.4, -0.2) is 40.3 Å². The van der Waals surface area contributed by atoms with Crippen LogP contribution in [-0.2, 0) is 14.8 Å². The van der Waals surface area contributed by atoms with Gasteiger partial charge in [-0.3, -0.25) is 9.10 Å². The van der Waals surface area contributed by atoms with Gasteiger partial charge in [0.1, 0.15) is 30.4 Å². The summed E-state index contributed by atoms with van der Waals surface area (Å²) in [4.78, 5) is 12.3. The number of amides is 1. The quantitative estimate of drug-likeness (QED) is 0.472. The molecule has 1 amide bonds. The summed E-state index contributed by atoms with van der Waals surface area (Å²) >= 11 is 0. The van der Waals surface area contributed by atoms with Gasteiger partial charge in [0.15, 0.2) is 0 Å². The lowest BCUT2D eigenvalue weighted by Gasteiger charge is -2.22. The molecule has 0 heterocycles. The highest BCUT2D eigenvalue weighted by Crippen LogP contribution is 2.25. The normalized spacial score (nSPS) is 10.9. The number of nitrogens with zero attached hydrogens (tertiary/aromatic N) is 1. The molecule has 0 atom stereocenters. The van der Waals surface area contributed by atoms with Gasteiger partial charge in [0.25, 0.3) is 0 Å². The Morgan fingerprint density at radius 2 is 1.56 bits per heavy atom. The number of nitrogens with one attached hydrogen (secondary N) is 1. The Labute approximate surface area is 188 Å². The Morgan fingerprint density at radius 1 is 0.906 bits per heavy atom. The van der Waals surface area contributed by atoms with Crippen LogP contribution in [0.15, 0.2) is 78.9 Å². The molecule has 168 valence electrons. The number of carbonyl (C=O) groups excluding carboxylic acids is 1. The third kappa shape index (κ3) is 7.02. The molecule has 0 aliphatic heterocycles. The van der Waals surface area contributed by atoms with Crippen molar-refractivity contribution in [1.82, 2.24) is 5.32 Å².